The van der Waals surface area contributed by atoms with E-state index in [0.29, 0.717) is 12.6 Å². The first kappa shape index (κ1) is 14.4. The summed E-state index contributed by atoms with van der Waals surface area (Å²) in [6.07, 6.45) is 1.11. The van der Waals surface area contributed by atoms with Gasteiger partial charge in [-0.1, -0.05) is 6.07 Å². The van der Waals surface area contributed by atoms with Gasteiger partial charge < -0.3 is 5.32 Å². The minimum atomic E-state index is -0.779. The fraction of sp³-hybridized carbons (Fsp3) is 0.500. The molecule has 2 rings (SSSR count). The van der Waals surface area contributed by atoms with Crippen LogP contribution in [0.5, 0.6) is 0 Å². The molecule has 0 saturated carbocycles. The van der Waals surface area contributed by atoms with E-state index in [1.54, 1.807) is 6.07 Å². The van der Waals surface area contributed by atoms with Gasteiger partial charge in [0.1, 0.15) is 0 Å². The van der Waals surface area contributed by atoms with E-state index < -0.39 is 11.6 Å². The lowest BCUT2D eigenvalue weighted by Gasteiger charge is -2.15. The summed E-state index contributed by atoms with van der Waals surface area (Å²) in [6, 6.07) is 4.63. The smallest absolute Gasteiger partial charge is 0.159 e. The van der Waals surface area contributed by atoms with E-state index >= 15 is 0 Å². The highest BCUT2D eigenvalue weighted by Gasteiger charge is 2.20. The molecule has 0 amide bonds. The van der Waals surface area contributed by atoms with Crippen LogP contribution in [0.25, 0.3) is 0 Å². The highest BCUT2D eigenvalue weighted by Crippen LogP contribution is 2.15. The van der Waals surface area contributed by atoms with E-state index in [9.17, 15) is 8.78 Å². The summed E-state index contributed by atoms with van der Waals surface area (Å²) in [5.41, 5.74) is 0.829. The van der Waals surface area contributed by atoms with Gasteiger partial charge in [-0.15, -0.1) is 12.4 Å². The van der Waals surface area contributed by atoms with Crippen LogP contribution in [0.1, 0.15) is 12.0 Å². The molecule has 96 valence electrons. The number of benzene rings is 1. The second-order valence-electron chi connectivity index (χ2n) is 4.26. The molecular weight excluding hydrogens is 246 g/mol. The topological polar surface area (TPSA) is 15.3 Å². The Kier molecular flexibility index (Phi) is 5.31. The number of hydrogen-bond acceptors (Lipinski definition) is 2. The van der Waals surface area contributed by atoms with Crippen LogP contribution in [0.4, 0.5) is 8.78 Å². The zero-order valence-corrected chi connectivity index (χ0v) is 10.6. The van der Waals surface area contributed by atoms with Crippen LogP contribution >= 0.6 is 12.4 Å². The monoisotopic (exact) mass is 262 g/mol. The van der Waals surface area contributed by atoms with Gasteiger partial charge in [-0.25, -0.2) is 8.78 Å². The molecule has 2 nitrogen and oxygen atoms in total. The highest BCUT2D eigenvalue weighted by molar-refractivity contribution is 5.85. The first-order valence-electron chi connectivity index (χ1n) is 5.52. The van der Waals surface area contributed by atoms with Crippen LogP contribution in [-0.4, -0.2) is 31.1 Å². The van der Waals surface area contributed by atoms with Gasteiger partial charge in [-0.3, -0.25) is 4.90 Å². The summed E-state index contributed by atoms with van der Waals surface area (Å²) >= 11 is 0. The van der Waals surface area contributed by atoms with E-state index in [-0.39, 0.29) is 12.4 Å². The van der Waals surface area contributed by atoms with Crippen molar-refractivity contribution < 1.29 is 8.78 Å². The molecule has 5 heteroatoms. The molecule has 1 heterocycles. The van der Waals surface area contributed by atoms with Gasteiger partial charge in [-0.05, 0) is 31.2 Å². The van der Waals surface area contributed by atoms with Crippen LogP contribution in [0.15, 0.2) is 18.2 Å². The van der Waals surface area contributed by atoms with E-state index in [4.69, 9.17) is 0 Å². The van der Waals surface area contributed by atoms with E-state index in [0.717, 1.165) is 25.1 Å². The first-order chi connectivity index (χ1) is 7.69. The summed E-state index contributed by atoms with van der Waals surface area (Å²) in [7, 11) is 1.95. The number of nitrogens with one attached hydrogen (secondary N) is 1. The van der Waals surface area contributed by atoms with Crippen LogP contribution < -0.4 is 5.32 Å². The molecular formula is C12H17ClF2N2. The fourth-order valence-electron chi connectivity index (χ4n) is 2.11. The normalized spacial score (nSPS) is 20.3. The number of hydrogen-bond donors (Lipinski definition) is 1. The Bertz CT molecular complexity index is 374. The van der Waals surface area contributed by atoms with Gasteiger partial charge in [0.15, 0.2) is 11.6 Å². The van der Waals surface area contributed by atoms with Crippen molar-refractivity contribution in [1.29, 1.82) is 0 Å². The summed E-state index contributed by atoms with van der Waals surface area (Å²) in [5, 5.41) is 3.22. The van der Waals surface area contributed by atoms with Gasteiger partial charge in [0.2, 0.25) is 0 Å². The Labute approximate surface area is 106 Å². The van der Waals surface area contributed by atoms with Crippen molar-refractivity contribution in [3.63, 3.8) is 0 Å². The highest BCUT2D eigenvalue weighted by atomic mass is 35.5. The number of rotatable bonds is 3. The van der Waals surface area contributed by atoms with Gasteiger partial charge in [0.05, 0.1) is 0 Å². The summed E-state index contributed by atoms with van der Waals surface area (Å²) < 4.78 is 25.7. The zero-order valence-electron chi connectivity index (χ0n) is 9.75. The van der Waals surface area contributed by atoms with Gasteiger partial charge >= 0.3 is 0 Å². The fourth-order valence-corrected chi connectivity index (χ4v) is 2.11. The van der Waals surface area contributed by atoms with E-state index in [2.05, 4.69) is 10.2 Å². The van der Waals surface area contributed by atoms with Crippen LogP contribution in [0, 0.1) is 11.6 Å². The van der Waals surface area contributed by atoms with Crippen LogP contribution in [0.3, 0.4) is 0 Å². The van der Waals surface area contributed by atoms with Crippen LogP contribution in [-0.2, 0) is 6.54 Å². The molecule has 1 aliphatic heterocycles. The zero-order chi connectivity index (χ0) is 11.5. The molecule has 0 bridgehead atoms. The molecule has 0 aliphatic carbocycles. The number of likely N-dealkylation sites (tertiary alicyclic amines) is 1. The molecule has 1 aromatic carbocycles. The average Bonchev–Trinajstić information content (AvgIpc) is 2.71. The maximum atomic E-state index is 13.0. The molecule has 0 aromatic heterocycles. The molecule has 1 unspecified atom stereocenters. The van der Waals surface area contributed by atoms with Gasteiger partial charge in [-0.2, -0.15) is 0 Å². The van der Waals surface area contributed by atoms with E-state index in [1.807, 2.05) is 7.05 Å². The predicted octanol–water partition coefficient (Wildman–Crippen LogP) is 2.18. The van der Waals surface area contributed by atoms with Crippen molar-refractivity contribution >= 4 is 12.4 Å². The molecule has 1 atom stereocenters. The van der Waals surface area contributed by atoms with Crippen molar-refractivity contribution in [2.45, 2.75) is 19.0 Å². The second-order valence-corrected chi connectivity index (χ2v) is 4.26. The van der Waals surface area contributed by atoms with Crippen molar-refractivity contribution in [3.05, 3.63) is 35.4 Å². The van der Waals surface area contributed by atoms with Crippen molar-refractivity contribution in [2.24, 2.45) is 0 Å². The predicted molar refractivity (Wildman–Crippen MR) is 66.3 cm³/mol. The first-order valence-corrected chi connectivity index (χ1v) is 5.52. The summed E-state index contributed by atoms with van der Waals surface area (Å²) in [4.78, 5) is 2.24. The van der Waals surface area contributed by atoms with Gasteiger partial charge in [0.25, 0.3) is 0 Å². The standard InChI is InChI=1S/C12H16F2N2.ClH/c1-15-10-4-5-16(8-10)7-9-2-3-11(13)12(14)6-9;/h2-3,6,10,15H,4-5,7-8H2,1H3;1H. The molecule has 1 aliphatic rings. The molecule has 1 N–H and O–H groups in total. The number of likely N-dealkylation sites (N-methyl/N-ethyl adjacent to an activating group) is 1. The maximum Gasteiger partial charge on any atom is 0.159 e. The Morgan fingerprint density at radius 1 is 1.35 bits per heavy atom. The lowest BCUT2D eigenvalue weighted by Crippen LogP contribution is -2.29. The Morgan fingerprint density at radius 3 is 2.71 bits per heavy atom. The Morgan fingerprint density at radius 2 is 2.12 bits per heavy atom. The molecule has 1 fully saturated rings. The number of halogens is 3. The third-order valence-electron chi connectivity index (χ3n) is 3.07. The van der Waals surface area contributed by atoms with Gasteiger partial charge in [0, 0.05) is 25.7 Å². The van der Waals surface area contributed by atoms with Crippen molar-refractivity contribution in [3.8, 4) is 0 Å². The number of nitrogens with zero attached hydrogens (tertiary/aromatic N) is 1. The Hall–Kier alpha value is -0.710. The lowest BCUT2D eigenvalue weighted by molar-refractivity contribution is 0.321. The summed E-state index contributed by atoms with van der Waals surface area (Å²) in [6.45, 7) is 2.66. The molecule has 1 saturated heterocycles. The second kappa shape index (κ2) is 6.28. The largest absolute Gasteiger partial charge is 0.316 e. The summed E-state index contributed by atoms with van der Waals surface area (Å²) in [5.74, 6) is -1.54. The SMILES string of the molecule is CNC1CCN(Cc2ccc(F)c(F)c2)C1.Cl. The van der Waals surface area contributed by atoms with Crippen molar-refractivity contribution in [2.75, 3.05) is 20.1 Å². The molecule has 17 heavy (non-hydrogen) atoms. The Balaban J connectivity index is 0.00000144. The average molecular weight is 263 g/mol. The third kappa shape index (κ3) is 3.63. The minimum absolute atomic E-state index is 0. The van der Waals surface area contributed by atoms with Crippen LogP contribution in [0.2, 0.25) is 0 Å². The third-order valence-corrected chi connectivity index (χ3v) is 3.07. The molecule has 1 aromatic rings. The quantitative estimate of drug-likeness (QED) is 0.898. The van der Waals surface area contributed by atoms with Crippen molar-refractivity contribution in [1.82, 2.24) is 10.2 Å². The minimum Gasteiger partial charge on any atom is -0.316 e. The lowest BCUT2D eigenvalue weighted by atomic mass is 10.2. The molecule has 0 radical (unpaired) electrons. The van der Waals surface area contributed by atoms with E-state index in [1.165, 1.54) is 12.1 Å². The maximum absolute atomic E-state index is 13.0. The molecule has 0 spiro atoms.